The number of rotatable bonds is 15. The summed E-state index contributed by atoms with van der Waals surface area (Å²) < 4.78 is 16.4. The molecular formula is C37H51NO7. The molecule has 45 heavy (non-hydrogen) atoms. The minimum absolute atomic E-state index is 0.0453. The highest BCUT2D eigenvalue weighted by molar-refractivity contribution is 5.82. The Labute approximate surface area is 268 Å². The molecule has 0 heterocycles. The van der Waals surface area contributed by atoms with E-state index in [1.165, 1.54) is 19.6 Å². The molecule has 0 amide bonds. The molecule has 2 aliphatic rings. The number of esters is 1. The summed E-state index contributed by atoms with van der Waals surface area (Å²) >= 11 is 0. The predicted octanol–water partition coefficient (Wildman–Crippen LogP) is 6.95. The molecule has 1 fully saturated rings. The molecule has 1 saturated carbocycles. The molecule has 0 bridgehead atoms. The number of ether oxygens (including phenoxy) is 3. The van der Waals surface area contributed by atoms with E-state index in [1.54, 1.807) is 25.3 Å². The summed E-state index contributed by atoms with van der Waals surface area (Å²) in [5, 5.41) is 24.4. The fourth-order valence-corrected chi connectivity index (χ4v) is 7.06. The van der Waals surface area contributed by atoms with E-state index in [2.05, 4.69) is 25.2 Å². The molecule has 0 spiro atoms. The first-order chi connectivity index (χ1) is 21.6. The average molecular weight is 622 g/mol. The Kier molecular flexibility index (Phi) is 12.3. The number of hydrogen-bond donors (Lipinski definition) is 3. The van der Waals surface area contributed by atoms with Crippen molar-refractivity contribution in [3.8, 4) is 23.0 Å². The Morgan fingerprint density at radius 3 is 2.42 bits per heavy atom. The smallest absolute Gasteiger partial charge is 0.302 e. The van der Waals surface area contributed by atoms with Crippen molar-refractivity contribution in [3.63, 3.8) is 0 Å². The first-order valence-corrected chi connectivity index (χ1v) is 16.5. The van der Waals surface area contributed by atoms with Crippen molar-refractivity contribution in [2.24, 2.45) is 17.8 Å². The molecule has 0 aromatic heterocycles. The molecule has 2 aromatic carbocycles. The molecule has 4 rings (SSSR count). The van der Waals surface area contributed by atoms with Crippen molar-refractivity contribution in [1.82, 2.24) is 5.32 Å². The third kappa shape index (κ3) is 9.25. The minimum Gasteiger partial charge on any atom is -0.504 e. The van der Waals surface area contributed by atoms with Gasteiger partial charge >= 0.3 is 5.97 Å². The van der Waals surface area contributed by atoms with Gasteiger partial charge in [0.05, 0.1) is 14.2 Å². The number of aromatic hydroxyl groups is 2. The van der Waals surface area contributed by atoms with E-state index in [1.807, 2.05) is 12.1 Å². The Bertz CT molecular complexity index is 1350. The minimum atomic E-state index is -0.560. The number of nitrogens with one attached hydrogen (secondary N) is 1. The van der Waals surface area contributed by atoms with Crippen LogP contribution in [0.25, 0.3) is 5.57 Å². The van der Waals surface area contributed by atoms with Gasteiger partial charge in [0.25, 0.3) is 0 Å². The van der Waals surface area contributed by atoms with Crippen LogP contribution in [0.5, 0.6) is 23.0 Å². The summed E-state index contributed by atoms with van der Waals surface area (Å²) in [6.45, 7) is 7.42. The van der Waals surface area contributed by atoms with Crippen molar-refractivity contribution in [2.75, 3.05) is 27.3 Å². The van der Waals surface area contributed by atoms with E-state index in [9.17, 15) is 19.8 Å². The molecule has 8 nitrogen and oxygen atoms in total. The van der Waals surface area contributed by atoms with Crippen LogP contribution in [0.2, 0.25) is 0 Å². The van der Waals surface area contributed by atoms with Crippen molar-refractivity contribution in [1.29, 1.82) is 0 Å². The molecule has 2 aromatic rings. The van der Waals surface area contributed by atoms with Crippen LogP contribution in [0.15, 0.2) is 36.4 Å². The topological polar surface area (TPSA) is 114 Å². The third-order valence-electron chi connectivity index (χ3n) is 9.35. The molecule has 0 aliphatic heterocycles. The summed E-state index contributed by atoms with van der Waals surface area (Å²) in [4.78, 5) is 25.9. The number of carbonyl (C=O) groups is 2. The monoisotopic (exact) mass is 621 g/mol. The van der Waals surface area contributed by atoms with E-state index >= 15 is 0 Å². The maximum absolute atomic E-state index is 13.9. The van der Waals surface area contributed by atoms with Crippen LogP contribution >= 0.6 is 0 Å². The lowest BCUT2D eigenvalue weighted by atomic mass is 9.69. The summed E-state index contributed by atoms with van der Waals surface area (Å²) in [6.07, 6.45) is 8.81. The van der Waals surface area contributed by atoms with Crippen LogP contribution in [-0.2, 0) is 20.7 Å². The maximum Gasteiger partial charge on any atom is 0.302 e. The third-order valence-corrected chi connectivity index (χ3v) is 9.35. The zero-order valence-electron chi connectivity index (χ0n) is 27.6. The van der Waals surface area contributed by atoms with Gasteiger partial charge in [-0.2, -0.15) is 0 Å². The average Bonchev–Trinajstić information content (AvgIpc) is 3.12. The second-order valence-electron chi connectivity index (χ2n) is 13.1. The molecule has 8 heteroatoms. The molecule has 0 unspecified atom stereocenters. The number of carbonyl (C=O) groups excluding carboxylic acids is 2. The normalized spacial score (nSPS) is 20.0. The number of hydrogen-bond acceptors (Lipinski definition) is 8. The zero-order valence-corrected chi connectivity index (χ0v) is 27.6. The molecule has 2 aliphatic carbocycles. The van der Waals surface area contributed by atoms with Gasteiger partial charge in [0, 0.05) is 26.3 Å². The quantitative estimate of drug-likeness (QED) is 0.145. The summed E-state index contributed by atoms with van der Waals surface area (Å²) in [5.74, 6) is 1.79. The first kappa shape index (κ1) is 34.4. The number of allylic oxidation sites excluding steroid dienone is 1. The molecule has 4 atom stereocenters. The molecular weight excluding hydrogens is 570 g/mol. The largest absolute Gasteiger partial charge is 0.504 e. The van der Waals surface area contributed by atoms with Crippen LogP contribution in [0.4, 0.5) is 0 Å². The van der Waals surface area contributed by atoms with Crippen molar-refractivity contribution < 1.29 is 34.0 Å². The Balaban J connectivity index is 1.58. The van der Waals surface area contributed by atoms with E-state index < -0.39 is 12.1 Å². The fraction of sp³-hybridized carbons (Fsp3) is 0.568. The van der Waals surface area contributed by atoms with Gasteiger partial charge in [0.15, 0.2) is 23.0 Å². The van der Waals surface area contributed by atoms with Gasteiger partial charge in [0.1, 0.15) is 11.9 Å². The van der Waals surface area contributed by atoms with Crippen LogP contribution in [0, 0.1) is 17.8 Å². The second kappa shape index (κ2) is 16.2. The van der Waals surface area contributed by atoms with Gasteiger partial charge in [-0.05, 0) is 109 Å². The maximum atomic E-state index is 13.9. The van der Waals surface area contributed by atoms with E-state index in [-0.39, 0.29) is 29.6 Å². The number of Topliss-reactive ketones (excluding diaryl/α,β-unsaturated/α-hetero) is 1. The van der Waals surface area contributed by atoms with Crippen molar-refractivity contribution in [2.45, 2.75) is 90.6 Å². The number of ketones is 1. The summed E-state index contributed by atoms with van der Waals surface area (Å²) in [7, 11) is 3.06. The van der Waals surface area contributed by atoms with Gasteiger partial charge in [-0.1, -0.05) is 38.8 Å². The number of methoxy groups -OCH3 is 2. The highest BCUT2D eigenvalue weighted by Crippen LogP contribution is 2.50. The molecule has 246 valence electrons. The van der Waals surface area contributed by atoms with Crippen LogP contribution in [0.3, 0.4) is 0 Å². The molecule has 3 N–H and O–H groups in total. The number of phenolic OH excluding ortho intramolecular Hbond substituents is 2. The lowest BCUT2D eigenvalue weighted by Gasteiger charge is -2.35. The lowest BCUT2D eigenvalue weighted by molar-refractivity contribution is -0.147. The van der Waals surface area contributed by atoms with E-state index in [4.69, 9.17) is 14.2 Å². The second-order valence-corrected chi connectivity index (χ2v) is 13.1. The number of fused-ring (bicyclic) bond motifs is 2. The van der Waals surface area contributed by atoms with Gasteiger partial charge < -0.3 is 29.7 Å². The van der Waals surface area contributed by atoms with Gasteiger partial charge in [-0.3, -0.25) is 9.59 Å². The SMILES string of the molecule is COc1cc(CC[C@H](CC(=O)C[C@H]2c3cc(OC)c(O)cc3C(CNCCC(C)C)=C[C@@H]3CCCC[C@@H]32)OC(C)=O)ccc1O. The van der Waals surface area contributed by atoms with Crippen LogP contribution in [-0.4, -0.2) is 55.4 Å². The van der Waals surface area contributed by atoms with Crippen LogP contribution in [0.1, 0.15) is 94.7 Å². The molecule has 0 radical (unpaired) electrons. The summed E-state index contributed by atoms with van der Waals surface area (Å²) in [5.41, 5.74) is 4.12. The Hall–Kier alpha value is -3.52. The Morgan fingerprint density at radius 2 is 1.71 bits per heavy atom. The van der Waals surface area contributed by atoms with Gasteiger partial charge in [-0.15, -0.1) is 0 Å². The highest BCUT2D eigenvalue weighted by Gasteiger charge is 2.38. The van der Waals surface area contributed by atoms with E-state index in [0.717, 1.165) is 55.3 Å². The summed E-state index contributed by atoms with van der Waals surface area (Å²) in [6, 6.07) is 8.90. The lowest BCUT2D eigenvalue weighted by Crippen LogP contribution is -2.27. The standard InChI is InChI=1S/C37H51NO7/c1-23(2)14-15-38-22-27-17-26-8-6-7-9-30(26)32(33-21-37(44-5)35(42)20-31(27)33)19-28(40)18-29(45-24(3)39)12-10-25-11-13-34(41)36(16-25)43-4/h11,13,16-17,20-21,23,26,29-30,32,38,41-42H,6-10,12,14-15,18-19,22H2,1-5H3/t26-,29+,30-,32+/m0/s1. The first-order valence-electron chi connectivity index (χ1n) is 16.5. The van der Waals surface area contributed by atoms with Gasteiger partial charge in [0.2, 0.25) is 0 Å². The fourth-order valence-electron chi connectivity index (χ4n) is 7.06. The Morgan fingerprint density at radius 1 is 0.978 bits per heavy atom. The predicted molar refractivity (Wildman–Crippen MR) is 176 cm³/mol. The van der Waals surface area contributed by atoms with Crippen LogP contribution < -0.4 is 14.8 Å². The van der Waals surface area contributed by atoms with E-state index in [0.29, 0.717) is 55.1 Å². The number of benzene rings is 2. The zero-order chi connectivity index (χ0) is 32.5. The van der Waals surface area contributed by atoms with Crippen molar-refractivity contribution >= 4 is 17.3 Å². The van der Waals surface area contributed by atoms with Gasteiger partial charge in [-0.25, -0.2) is 0 Å². The number of aryl methyl sites for hydroxylation is 1. The number of phenols is 2. The molecule has 0 saturated heterocycles. The highest BCUT2D eigenvalue weighted by atomic mass is 16.5. The van der Waals surface area contributed by atoms with Crippen molar-refractivity contribution in [3.05, 3.63) is 53.1 Å².